The molecule has 1 fully saturated rings. The maximum absolute atomic E-state index is 12.9. The van der Waals surface area contributed by atoms with Crippen molar-refractivity contribution in [1.29, 1.82) is 0 Å². The molecule has 3 heteroatoms. The van der Waals surface area contributed by atoms with Crippen LogP contribution in [0.4, 0.5) is 13.2 Å². The lowest BCUT2D eigenvalue weighted by atomic mass is 9.85. The Morgan fingerprint density at radius 1 is 1.05 bits per heavy atom. The van der Waals surface area contributed by atoms with Gasteiger partial charge in [0, 0.05) is 11.0 Å². The van der Waals surface area contributed by atoms with Gasteiger partial charge in [0.2, 0.25) is 0 Å². The van der Waals surface area contributed by atoms with Crippen molar-refractivity contribution in [2.75, 3.05) is 0 Å². The number of allylic oxidation sites excluding steroid dienone is 1. The molecule has 0 heterocycles. The van der Waals surface area contributed by atoms with Gasteiger partial charge >= 0.3 is 6.18 Å². The normalized spacial score (nSPS) is 33.2. The minimum absolute atomic E-state index is 0.0692. The Hall–Kier alpha value is -0.470. The number of halogens is 3. The average molecular weight is 290 g/mol. The highest BCUT2D eigenvalue weighted by Gasteiger charge is 2.72. The van der Waals surface area contributed by atoms with Crippen molar-refractivity contribution in [3.63, 3.8) is 0 Å². The Balaban J connectivity index is 2.48. The molecule has 0 bridgehead atoms. The van der Waals surface area contributed by atoms with Gasteiger partial charge in [-0.05, 0) is 17.8 Å². The van der Waals surface area contributed by atoms with E-state index in [4.69, 9.17) is 0 Å². The van der Waals surface area contributed by atoms with Crippen molar-refractivity contribution < 1.29 is 13.2 Å². The molecule has 2 unspecified atom stereocenters. The van der Waals surface area contributed by atoms with Crippen LogP contribution in [0.1, 0.15) is 72.6 Å². The van der Waals surface area contributed by atoms with Crippen LogP contribution in [0, 0.1) is 16.7 Å². The summed E-state index contributed by atoms with van der Waals surface area (Å²) >= 11 is 0. The van der Waals surface area contributed by atoms with Crippen LogP contribution in [0.3, 0.4) is 0 Å². The van der Waals surface area contributed by atoms with Crippen molar-refractivity contribution in [3.8, 4) is 0 Å². The maximum Gasteiger partial charge on any atom is 0.412 e. The highest BCUT2D eigenvalue weighted by atomic mass is 19.4. The molecule has 0 spiro atoms. The van der Waals surface area contributed by atoms with E-state index in [1.165, 1.54) is 25.7 Å². The lowest BCUT2D eigenvalue weighted by molar-refractivity contribution is -0.102. The quantitative estimate of drug-likeness (QED) is 0.353. The molecule has 1 aliphatic rings. The van der Waals surface area contributed by atoms with Gasteiger partial charge in [-0.1, -0.05) is 72.8 Å². The molecule has 1 saturated carbocycles. The summed E-state index contributed by atoms with van der Waals surface area (Å²) in [6, 6.07) is 0. The maximum atomic E-state index is 12.9. The summed E-state index contributed by atoms with van der Waals surface area (Å²) in [7, 11) is 0. The second-order valence-corrected chi connectivity index (χ2v) is 6.84. The Labute approximate surface area is 121 Å². The number of unbranched alkanes of at least 4 members (excludes halogenated alkanes) is 5. The smallest absolute Gasteiger partial charge is 0.166 e. The largest absolute Gasteiger partial charge is 0.412 e. The molecule has 0 N–H and O–H groups in total. The lowest BCUT2D eigenvalue weighted by Gasteiger charge is -2.23. The molecule has 0 nitrogen and oxygen atoms in total. The molecule has 0 aromatic carbocycles. The molecular weight excluding hydrogens is 261 g/mol. The molecule has 1 aliphatic carbocycles. The van der Waals surface area contributed by atoms with Crippen LogP contribution in [-0.4, -0.2) is 6.18 Å². The molecule has 3 atom stereocenters. The van der Waals surface area contributed by atoms with E-state index >= 15 is 0 Å². The van der Waals surface area contributed by atoms with E-state index in [1.807, 2.05) is 13.8 Å². The molecule has 118 valence electrons. The van der Waals surface area contributed by atoms with E-state index in [-0.39, 0.29) is 11.3 Å². The zero-order chi connectivity index (χ0) is 15.6. The number of hydrogen-bond donors (Lipinski definition) is 0. The monoisotopic (exact) mass is 290 g/mol. The first-order valence-electron chi connectivity index (χ1n) is 7.89. The van der Waals surface area contributed by atoms with Gasteiger partial charge < -0.3 is 0 Å². The molecule has 0 radical (unpaired) electrons. The van der Waals surface area contributed by atoms with Crippen LogP contribution < -0.4 is 0 Å². The van der Waals surface area contributed by atoms with Gasteiger partial charge in [-0.3, -0.25) is 0 Å². The van der Waals surface area contributed by atoms with E-state index in [1.54, 1.807) is 6.92 Å². The van der Waals surface area contributed by atoms with Crippen LogP contribution in [-0.2, 0) is 0 Å². The summed E-state index contributed by atoms with van der Waals surface area (Å²) in [6.45, 7) is 11.2. The highest BCUT2D eigenvalue weighted by Crippen LogP contribution is 2.75. The van der Waals surface area contributed by atoms with Crippen molar-refractivity contribution in [1.82, 2.24) is 0 Å². The zero-order valence-corrected chi connectivity index (χ0v) is 13.4. The van der Waals surface area contributed by atoms with Crippen molar-refractivity contribution in [2.45, 2.75) is 78.8 Å². The Kier molecular flexibility index (Phi) is 5.37. The summed E-state index contributed by atoms with van der Waals surface area (Å²) in [4.78, 5) is 0. The lowest BCUT2D eigenvalue weighted by Crippen LogP contribution is -2.22. The predicted octanol–water partition coefficient (Wildman–Crippen LogP) is 6.52. The molecular formula is C17H29F3. The Bertz CT molecular complexity index is 345. The topological polar surface area (TPSA) is 0 Å². The molecule has 0 amide bonds. The summed E-state index contributed by atoms with van der Waals surface area (Å²) in [5.41, 5.74) is -1.54. The van der Waals surface area contributed by atoms with Crippen LogP contribution in [0.5, 0.6) is 0 Å². The third kappa shape index (κ3) is 3.07. The Morgan fingerprint density at radius 3 is 2.05 bits per heavy atom. The first-order valence-corrected chi connectivity index (χ1v) is 7.89. The third-order valence-corrected chi connectivity index (χ3v) is 5.94. The second-order valence-electron chi connectivity index (χ2n) is 6.84. The van der Waals surface area contributed by atoms with E-state index in [9.17, 15) is 13.2 Å². The SMILES string of the molecule is C=C(C(F)(F)F)C1(C)[C@@H](C)C1(C)CCCCCCCC. The van der Waals surface area contributed by atoms with Gasteiger partial charge in [0.15, 0.2) is 0 Å². The highest BCUT2D eigenvalue weighted by molar-refractivity contribution is 5.33. The third-order valence-electron chi connectivity index (χ3n) is 5.94. The van der Waals surface area contributed by atoms with E-state index < -0.39 is 17.2 Å². The molecule has 20 heavy (non-hydrogen) atoms. The van der Waals surface area contributed by atoms with Crippen molar-refractivity contribution in [2.24, 2.45) is 16.7 Å². The van der Waals surface area contributed by atoms with Gasteiger partial charge in [-0.15, -0.1) is 0 Å². The molecule has 0 saturated heterocycles. The summed E-state index contributed by atoms with van der Waals surface area (Å²) in [6.07, 6.45) is 3.72. The zero-order valence-electron chi connectivity index (χ0n) is 13.4. The summed E-state index contributed by atoms with van der Waals surface area (Å²) in [5.74, 6) is 0.0692. The van der Waals surface area contributed by atoms with Crippen LogP contribution in [0.15, 0.2) is 12.2 Å². The fourth-order valence-corrected chi connectivity index (χ4v) is 3.80. The van der Waals surface area contributed by atoms with Gasteiger partial charge in [0.25, 0.3) is 0 Å². The first kappa shape index (κ1) is 17.6. The predicted molar refractivity (Wildman–Crippen MR) is 78.6 cm³/mol. The van der Waals surface area contributed by atoms with Gasteiger partial charge in [-0.2, -0.15) is 13.2 Å². The molecule has 1 rings (SSSR count). The minimum Gasteiger partial charge on any atom is -0.166 e. The number of rotatable bonds is 8. The molecule has 0 aromatic heterocycles. The average Bonchev–Trinajstić information content (AvgIpc) is 2.79. The Morgan fingerprint density at radius 2 is 1.55 bits per heavy atom. The van der Waals surface area contributed by atoms with E-state index in [0.29, 0.717) is 0 Å². The van der Waals surface area contributed by atoms with Gasteiger partial charge in [0.05, 0.1) is 0 Å². The first-order chi connectivity index (χ1) is 9.12. The van der Waals surface area contributed by atoms with Crippen molar-refractivity contribution in [3.05, 3.63) is 12.2 Å². The van der Waals surface area contributed by atoms with E-state index in [0.717, 1.165) is 19.3 Å². The summed E-state index contributed by atoms with van der Waals surface area (Å²) < 4.78 is 38.8. The fourth-order valence-electron chi connectivity index (χ4n) is 3.80. The number of hydrogen-bond acceptors (Lipinski definition) is 0. The van der Waals surface area contributed by atoms with Crippen LogP contribution in [0.2, 0.25) is 0 Å². The second kappa shape index (κ2) is 6.11. The molecule has 0 aromatic rings. The standard InChI is InChI=1S/C17H29F3/c1-6-7-8-9-10-11-12-15(4)13(2)16(15,5)14(3)17(18,19)20/h13H,3,6-12H2,1-2,4-5H3/t13-,15?,16?/m0/s1. The summed E-state index contributed by atoms with van der Waals surface area (Å²) in [5, 5.41) is 0. The molecule has 0 aliphatic heterocycles. The minimum atomic E-state index is -4.26. The van der Waals surface area contributed by atoms with Crippen molar-refractivity contribution >= 4 is 0 Å². The van der Waals surface area contributed by atoms with Crippen LogP contribution >= 0.6 is 0 Å². The van der Waals surface area contributed by atoms with Gasteiger partial charge in [0.1, 0.15) is 0 Å². The fraction of sp³-hybridized carbons (Fsp3) is 0.882. The van der Waals surface area contributed by atoms with Crippen LogP contribution in [0.25, 0.3) is 0 Å². The van der Waals surface area contributed by atoms with E-state index in [2.05, 4.69) is 13.5 Å². The van der Waals surface area contributed by atoms with Gasteiger partial charge in [-0.25, -0.2) is 0 Å². The number of alkyl halides is 3.